The summed E-state index contributed by atoms with van der Waals surface area (Å²) in [4.78, 5) is 23.7. The van der Waals surface area contributed by atoms with Crippen molar-refractivity contribution < 1.29 is 0 Å². The number of aryl methyl sites for hydroxylation is 2. The highest BCUT2D eigenvalue weighted by Gasteiger charge is 2.13. The molecule has 0 aliphatic rings. The van der Waals surface area contributed by atoms with E-state index in [1.54, 1.807) is 23.1 Å². The lowest BCUT2D eigenvalue weighted by molar-refractivity contribution is 0.482. The molecule has 4 nitrogen and oxygen atoms in total. The first-order valence-electron chi connectivity index (χ1n) is 6.88. The number of thiophene rings is 1. The summed E-state index contributed by atoms with van der Waals surface area (Å²) in [6, 6.07) is 0. The third-order valence-corrected chi connectivity index (χ3v) is 6.08. The Bertz CT molecular complexity index is 716. The molecule has 0 radical (unpaired) electrons. The summed E-state index contributed by atoms with van der Waals surface area (Å²) >= 11 is 8.52. The predicted octanol–water partition coefficient (Wildman–Crippen LogP) is 3.46. The van der Waals surface area contributed by atoms with Crippen LogP contribution in [0.4, 0.5) is 0 Å². The highest BCUT2D eigenvalue weighted by Crippen LogP contribution is 2.26. The van der Waals surface area contributed by atoms with E-state index in [0.29, 0.717) is 11.6 Å². The van der Waals surface area contributed by atoms with Crippen LogP contribution in [0.2, 0.25) is 0 Å². The smallest absolute Gasteiger partial charge is 0.259 e. The molecule has 0 unspecified atom stereocenters. The SMILES string of the molecule is CCN(CC)C(=S)SCc1nc2sc(C)c(C)c2c(=O)[nH]1. The van der Waals surface area contributed by atoms with Gasteiger partial charge in [0.1, 0.15) is 15.0 Å². The van der Waals surface area contributed by atoms with E-state index in [1.165, 1.54) is 0 Å². The van der Waals surface area contributed by atoms with Crippen molar-refractivity contribution >= 4 is 49.9 Å². The molecule has 0 bridgehead atoms. The number of rotatable bonds is 4. The van der Waals surface area contributed by atoms with E-state index in [0.717, 1.165) is 38.1 Å². The van der Waals surface area contributed by atoms with Crippen molar-refractivity contribution in [3.63, 3.8) is 0 Å². The Kier molecular flexibility index (Phi) is 5.40. The van der Waals surface area contributed by atoms with Gasteiger partial charge in [-0.1, -0.05) is 24.0 Å². The number of nitrogens with one attached hydrogen (secondary N) is 1. The molecule has 2 aromatic rings. The highest BCUT2D eigenvalue weighted by atomic mass is 32.2. The minimum Gasteiger partial charge on any atom is -0.358 e. The summed E-state index contributed by atoms with van der Waals surface area (Å²) in [6.07, 6.45) is 0. The molecule has 0 amide bonds. The number of aromatic amines is 1. The molecule has 2 aromatic heterocycles. The van der Waals surface area contributed by atoms with Gasteiger partial charge in [-0.25, -0.2) is 4.98 Å². The van der Waals surface area contributed by atoms with Crippen molar-refractivity contribution in [2.75, 3.05) is 13.1 Å². The van der Waals surface area contributed by atoms with Crippen LogP contribution in [0.25, 0.3) is 10.2 Å². The maximum atomic E-state index is 12.2. The molecule has 2 rings (SSSR count). The summed E-state index contributed by atoms with van der Waals surface area (Å²) in [6.45, 7) is 9.95. The lowest BCUT2D eigenvalue weighted by atomic mass is 10.2. The van der Waals surface area contributed by atoms with Crippen LogP contribution >= 0.6 is 35.3 Å². The highest BCUT2D eigenvalue weighted by molar-refractivity contribution is 8.22. The van der Waals surface area contributed by atoms with Crippen molar-refractivity contribution in [3.8, 4) is 0 Å². The molecule has 1 N–H and O–H groups in total. The van der Waals surface area contributed by atoms with Gasteiger partial charge in [0.25, 0.3) is 5.56 Å². The van der Waals surface area contributed by atoms with Crippen LogP contribution in [0.3, 0.4) is 0 Å². The van der Waals surface area contributed by atoms with Gasteiger partial charge in [-0.15, -0.1) is 11.3 Å². The number of H-pyrrole nitrogens is 1. The Hall–Kier alpha value is -0.920. The van der Waals surface area contributed by atoms with Crippen molar-refractivity contribution in [3.05, 3.63) is 26.6 Å². The minimum absolute atomic E-state index is 0.0498. The van der Waals surface area contributed by atoms with E-state index >= 15 is 0 Å². The molecule has 0 atom stereocenters. The number of thiocarbonyl (C=S) groups is 1. The fraction of sp³-hybridized carbons (Fsp3) is 0.500. The normalized spacial score (nSPS) is 11.0. The lowest BCUT2D eigenvalue weighted by Gasteiger charge is -2.20. The molecule has 0 spiro atoms. The van der Waals surface area contributed by atoms with Gasteiger partial charge >= 0.3 is 0 Å². The summed E-state index contributed by atoms with van der Waals surface area (Å²) < 4.78 is 0.848. The van der Waals surface area contributed by atoms with Gasteiger partial charge in [0.2, 0.25) is 0 Å². The molecule has 114 valence electrons. The Morgan fingerprint density at radius 1 is 1.38 bits per heavy atom. The van der Waals surface area contributed by atoms with Crippen LogP contribution in [-0.4, -0.2) is 32.3 Å². The second kappa shape index (κ2) is 6.89. The number of fused-ring (bicyclic) bond motifs is 1. The molecule has 0 aromatic carbocycles. The van der Waals surface area contributed by atoms with E-state index < -0.39 is 0 Å². The molecule has 21 heavy (non-hydrogen) atoms. The number of nitrogens with zero attached hydrogens (tertiary/aromatic N) is 2. The monoisotopic (exact) mass is 341 g/mol. The topological polar surface area (TPSA) is 49.0 Å². The Balaban J connectivity index is 2.21. The molecule has 7 heteroatoms. The summed E-state index contributed by atoms with van der Waals surface area (Å²) in [5, 5.41) is 0.720. The van der Waals surface area contributed by atoms with Crippen LogP contribution in [-0.2, 0) is 5.75 Å². The summed E-state index contributed by atoms with van der Waals surface area (Å²) in [7, 11) is 0. The Labute approximate surface area is 138 Å². The lowest BCUT2D eigenvalue weighted by Crippen LogP contribution is -2.26. The average molecular weight is 342 g/mol. The fourth-order valence-electron chi connectivity index (χ4n) is 2.07. The zero-order valence-electron chi connectivity index (χ0n) is 12.6. The summed E-state index contributed by atoms with van der Waals surface area (Å²) in [5.41, 5.74) is 0.979. The average Bonchev–Trinajstić information content (AvgIpc) is 2.73. The molecular formula is C14H19N3OS3. The first kappa shape index (κ1) is 16.5. The fourth-order valence-corrected chi connectivity index (χ4v) is 4.39. The van der Waals surface area contributed by atoms with Crippen LogP contribution in [0.5, 0.6) is 0 Å². The van der Waals surface area contributed by atoms with Gasteiger partial charge in [-0.3, -0.25) is 4.79 Å². The maximum Gasteiger partial charge on any atom is 0.259 e. The zero-order chi connectivity index (χ0) is 15.6. The number of hydrogen-bond donors (Lipinski definition) is 1. The Morgan fingerprint density at radius 3 is 2.67 bits per heavy atom. The van der Waals surface area contributed by atoms with E-state index in [-0.39, 0.29) is 5.56 Å². The van der Waals surface area contributed by atoms with Crippen LogP contribution in [0.15, 0.2) is 4.79 Å². The van der Waals surface area contributed by atoms with E-state index in [4.69, 9.17) is 12.2 Å². The molecule has 0 aliphatic heterocycles. The number of hydrogen-bond acceptors (Lipinski definition) is 5. The van der Waals surface area contributed by atoms with E-state index in [2.05, 4.69) is 28.7 Å². The van der Waals surface area contributed by atoms with Crippen LogP contribution in [0.1, 0.15) is 30.1 Å². The molecule has 0 fully saturated rings. The van der Waals surface area contributed by atoms with Crippen LogP contribution in [0, 0.1) is 13.8 Å². The predicted molar refractivity (Wildman–Crippen MR) is 96.5 cm³/mol. The van der Waals surface area contributed by atoms with Crippen molar-refractivity contribution in [1.82, 2.24) is 14.9 Å². The third-order valence-electron chi connectivity index (χ3n) is 3.44. The quantitative estimate of drug-likeness (QED) is 0.863. The molecule has 0 aliphatic carbocycles. The second-order valence-electron chi connectivity index (χ2n) is 4.70. The Morgan fingerprint density at radius 2 is 2.05 bits per heavy atom. The first-order chi connectivity index (χ1) is 9.97. The largest absolute Gasteiger partial charge is 0.358 e. The van der Waals surface area contributed by atoms with E-state index in [1.807, 2.05) is 13.8 Å². The molecule has 0 saturated carbocycles. The standard InChI is InChI=1S/C14H19N3OS3/c1-5-17(6-2)14(19)20-7-10-15-12(18)11-8(3)9(4)21-13(11)16-10/h5-7H2,1-4H3,(H,15,16,18). The first-order valence-corrected chi connectivity index (χ1v) is 9.09. The summed E-state index contributed by atoms with van der Waals surface area (Å²) in [5.74, 6) is 1.28. The van der Waals surface area contributed by atoms with Crippen molar-refractivity contribution in [1.29, 1.82) is 0 Å². The third kappa shape index (κ3) is 3.46. The molecule has 0 saturated heterocycles. The van der Waals surface area contributed by atoms with Gasteiger partial charge in [-0.05, 0) is 33.3 Å². The van der Waals surface area contributed by atoms with Crippen LogP contribution < -0.4 is 5.56 Å². The van der Waals surface area contributed by atoms with Crippen molar-refractivity contribution in [2.24, 2.45) is 0 Å². The van der Waals surface area contributed by atoms with Gasteiger partial charge in [-0.2, -0.15) is 0 Å². The zero-order valence-corrected chi connectivity index (χ0v) is 15.1. The maximum absolute atomic E-state index is 12.2. The van der Waals surface area contributed by atoms with E-state index in [9.17, 15) is 4.79 Å². The number of thioether (sulfide) groups is 1. The molecule has 2 heterocycles. The molecular weight excluding hydrogens is 322 g/mol. The minimum atomic E-state index is -0.0498. The van der Waals surface area contributed by atoms with Gasteiger partial charge in [0, 0.05) is 18.0 Å². The van der Waals surface area contributed by atoms with Gasteiger partial charge < -0.3 is 9.88 Å². The second-order valence-corrected chi connectivity index (χ2v) is 7.52. The van der Waals surface area contributed by atoms with Gasteiger partial charge in [0.15, 0.2) is 0 Å². The van der Waals surface area contributed by atoms with Gasteiger partial charge in [0.05, 0.1) is 11.1 Å². The number of aromatic nitrogens is 2. The van der Waals surface area contributed by atoms with Crippen molar-refractivity contribution in [2.45, 2.75) is 33.4 Å².